The average Bonchev–Trinajstić information content (AvgIpc) is 2.44. The lowest BCUT2D eigenvalue weighted by atomic mass is 10.1. The third-order valence-electron chi connectivity index (χ3n) is 2.29. The summed E-state index contributed by atoms with van der Waals surface area (Å²) in [6.07, 6.45) is 0.996. The lowest BCUT2D eigenvalue weighted by molar-refractivity contribution is 0.974. The van der Waals surface area contributed by atoms with Crippen molar-refractivity contribution in [2.45, 2.75) is 13.3 Å². The van der Waals surface area contributed by atoms with E-state index in [0.717, 1.165) is 13.0 Å². The summed E-state index contributed by atoms with van der Waals surface area (Å²) in [5.41, 5.74) is 7.02. The van der Waals surface area contributed by atoms with Gasteiger partial charge in [-0.05, 0) is 36.9 Å². The summed E-state index contributed by atoms with van der Waals surface area (Å²) in [6, 6.07) is 8.54. The smallest absolute Gasteiger partial charge is 0.0348 e. The van der Waals surface area contributed by atoms with Gasteiger partial charge in [0.1, 0.15) is 0 Å². The maximum atomic E-state index is 5.58. The Morgan fingerprint density at radius 1 is 1.31 bits per heavy atom. The van der Waals surface area contributed by atoms with Crippen molar-refractivity contribution >= 4 is 21.4 Å². The molecule has 13 heavy (non-hydrogen) atoms. The third kappa shape index (κ3) is 1.47. The number of thiophene rings is 1. The van der Waals surface area contributed by atoms with Gasteiger partial charge >= 0.3 is 0 Å². The van der Waals surface area contributed by atoms with Crippen LogP contribution >= 0.6 is 11.3 Å². The molecule has 68 valence electrons. The molecular weight excluding hydrogens is 178 g/mol. The van der Waals surface area contributed by atoms with E-state index in [9.17, 15) is 0 Å². The summed E-state index contributed by atoms with van der Waals surface area (Å²) >= 11 is 1.86. The van der Waals surface area contributed by atoms with Gasteiger partial charge < -0.3 is 5.73 Å². The first-order chi connectivity index (χ1) is 6.33. The number of aryl methyl sites for hydroxylation is 1. The Morgan fingerprint density at radius 2 is 2.08 bits per heavy atom. The molecule has 0 bridgehead atoms. The molecule has 0 radical (unpaired) electrons. The molecule has 0 amide bonds. The number of benzene rings is 1. The Kier molecular flexibility index (Phi) is 2.34. The summed E-state index contributed by atoms with van der Waals surface area (Å²) in [5.74, 6) is 0. The molecule has 0 unspecified atom stereocenters. The summed E-state index contributed by atoms with van der Waals surface area (Å²) < 4.78 is 1.38. The highest BCUT2D eigenvalue weighted by Crippen LogP contribution is 2.30. The molecule has 0 fully saturated rings. The topological polar surface area (TPSA) is 26.0 Å². The monoisotopic (exact) mass is 191 g/mol. The largest absolute Gasteiger partial charge is 0.330 e. The second-order valence-corrected chi connectivity index (χ2v) is 4.43. The van der Waals surface area contributed by atoms with Gasteiger partial charge in [0.2, 0.25) is 0 Å². The molecule has 0 atom stereocenters. The molecule has 1 nitrogen and oxygen atoms in total. The zero-order chi connectivity index (χ0) is 9.26. The Morgan fingerprint density at radius 3 is 2.85 bits per heavy atom. The normalized spacial score (nSPS) is 10.9. The first kappa shape index (κ1) is 8.73. The zero-order valence-corrected chi connectivity index (χ0v) is 8.53. The predicted octanol–water partition coefficient (Wildman–Crippen LogP) is 2.71. The van der Waals surface area contributed by atoms with Crippen LogP contribution in [0.25, 0.3) is 10.1 Å². The van der Waals surface area contributed by atoms with Crippen LogP contribution in [0.1, 0.15) is 10.4 Å². The molecule has 2 N–H and O–H groups in total. The quantitative estimate of drug-likeness (QED) is 0.776. The molecule has 2 heteroatoms. The van der Waals surface area contributed by atoms with E-state index in [1.165, 1.54) is 20.5 Å². The van der Waals surface area contributed by atoms with Crippen molar-refractivity contribution in [1.29, 1.82) is 0 Å². The molecule has 0 aliphatic carbocycles. The van der Waals surface area contributed by atoms with Crippen LogP contribution in [0.3, 0.4) is 0 Å². The molecular formula is C11H13NS. The standard InChI is InChI=1S/C11H13NS/c1-8-9(6-7-12)10-4-2-3-5-11(10)13-8/h2-5H,6-7,12H2,1H3. The number of rotatable bonds is 2. The molecule has 2 aromatic rings. The summed E-state index contributed by atoms with van der Waals surface area (Å²) in [4.78, 5) is 1.41. The Labute approximate surface area is 82.2 Å². The molecule has 1 heterocycles. The molecule has 0 spiro atoms. The molecule has 0 aliphatic rings. The predicted molar refractivity (Wildman–Crippen MR) is 59.3 cm³/mol. The van der Waals surface area contributed by atoms with Crippen molar-refractivity contribution in [2.24, 2.45) is 5.73 Å². The van der Waals surface area contributed by atoms with Crippen molar-refractivity contribution in [2.75, 3.05) is 6.54 Å². The minimum Gasteiger partial charge on any atom is -0.330 e. The van der Waals surface area contributed by atoms with Crippen molar-refractivity contribution in [3.05, 3.63) is 34.7 Å². The highest BCUT2D eigenvalue weighted by atomic mass is 32.1. The van der Waals surface area contributed by atoms with Gasteiger partial charge in [0.05, 0.1) is 0 Å². The third-order valence-corrected chi connectivity index (χ3v) is 3.42. The van der Waals surface area contributed by atoms with Gasteiger partial charge in [0.25, 0.3) is 0 Å². The summed E-state index contributed by atoms with van der Waals surface area (Å²) in [7, 11) is 0. The first-order valence-electron chi connectivity index (χ1n) is 4.50. The van der Waals surface area contributed by atoms with E-state index in [0.29, 0.717) is 0 Å². The van der Waals surface area contributed by atoms with E-state index < -0.39 is 0 Å². The minimum atomic E-state index is 0.738. The summed E-state index contributed by atoms with van der Waals surface area (Å²) in [6.45, 7) is 2.91. The maximum absolute atomic E-state index is 5.58. The molecule has 0 saturated heterocycles. The number of nitrogens with two attached hydrogens (primary N) is 1. The number of fused-ring (bicyclic) bond motifs is 1. The summed E-state index contributed by atoms with van der Waals surface area (Å²) in [5, 5.41) is 1.38. The average molecular weight is 191 g/mol. The minimum absolute atomic E-state index is 0.738. The first-order valence-corrected chi connectivity index (χ1v) is 5.31. The van der Waals surface area contributed by atoms with E-state index in [2.05, 4.69) is 31.2 Å². The van der Waals surface area contributed by atoms with E-state index in [-0.39, 0.29) is 0 Å². The number of hydrogen-bond acceptors (Lipinski definition) is 2. The highest BCUT2D eigenvalue weighted by Gasteiger charge is 2.06. The van der Waals surface area contributed by atoms with Gasteiger partial charge in [-0.2, -0.15) is 0 Å². The Balaban J connectivity index is 2.64. The SMILES string of the molecule is Cc1sc2ccccc2c1CCN. The van der Waals surface area contributed by atoms with Gasteiger partial charge in [0, 0.05) is 9.58 Å². The van der Waals surface area contributed by atoms with Crippen molar-refractivity contribution in [3.8, 4) is 0 Å². The van der Waals surface area contributed by atoms with Crippen LogP contribution in [0.2, 0.25) is 0 Å². The van der Waals surface area contributed by atoms with Crippen molar-refractivity contribution in [3.63, 3.8) is 0 Å². The molecule has 1 aromatic carbocycles. The lowest BCUT2D eigenvalue weighted by Crippen LogP contribution is -2.02. The van der Waals surface area contributed by atoms with Gasteiger partial charge in [-0.3, -0.25) is 0 Å². The van der Waals surface area contributed by atoms with E-state index in [4.69, 9.17) is 5.73 Å². The van der Waals surface area contributed by atoms with Crippen LogP contribution in [-0.2, 0) is 6.42 Å². The molecule has 0 aliphatic heterocycles. The molecule has 1 aromatic heterocycles. The van der Waals surface area contributed by atoms with Crippen LogP contribution in [-0.4, -0.2) is 6.54 Å². The van der Waals surface area contributed by atoms with Crippen LogP contribution in [0.15, 0.2) is 24.3 Å². The Hall–Kier alpha value is -0.860. The Bertz CT molecular complexity index is 417. The van der Waals surface area contributed by atoms with Crippen LogP contribution in [0.4, 0.5) is 0 Å². The van der Waals surface area contributed by atoms with Gasteiger partial charge in [0.15, 0.2) is 0 Å². The van der Waals surface area contributed by atoms with E-state index in [1.807, 2.05) is 11.3 Å². The lowest BCUT2D eigenvalue weighted by Gasteiger charge is -1.97. The fraction of sp³-hybridized carbons (Fsp3) is 0.273. The zero-order valence-electron chi connectivity index (χ0n) is 7.71. The van der Waals surface area contributed by atoms with Gasteiger partial charge in [-0.15, -0.1) is 11.3 Å². The van der Waals surface area contributed by atoms with Crippen LogP contribution < -0.4 is 5.73 Å². The number of hydrogen-bond donors (Lipinski definition) is 1. The fourth-order valence-corrected chi connectivity index (χ4v) is 2.79. The van der Waals surface area contributed by atoms with Crippen LogP contribution in [0.5, 0.6) is 0 Å². The van der Waals surface area contributed by atoms with Gasteiger partial charge in [-0.25, -0.2) is 0 Å². The van der Waals surface area contributed by atoms with Gasteiger partial charge in [-0.1, -0.05) is 18.2 Å². The molecule has 0 saturated carbocycles. The van der Waals surface area contributed by atoms with Crippen LogP contribution in [0, 0.1) is 6.92 Å². The van der Waals surface area contributed by atoms with E-state index in [1.54, 1.807) is 0 Å². The second kappa shape index (κ2) is 3.48. The fourth-order valence-electron chi connectivity index (χ4n) is 1.68. The molecule has 2 rings (SSSR count). The second-order valence-electron chi connectivity index (χ2n) is 3.17. The van der Waals surface area contributed by atoms with Crippen molar-refractivity contribution in [1.82, 2.24) is 0 Å². The maximum Gasteiger partial charge on any atom is 0.0348 e. The van der Waals surface area contributed by atoms with Crippen molar-refractivity contribution < 1.29 is 0 Å². The highest BCUT2D eigenvalue weighted by molar-refractivity contribution is 7.19. The van der Waals surface area contributed by atoms with E-state index >= 15 is 0 Å².